The highest BCUT2D eigenvalue weighted by Crippen LogP contribution is 2.26. The van der Waals surface area contributed by atoms with Crippen molar-refractivity contribution in [2.24, 2.45) is 11.8 Å². The van der Waals surface area contributed by atoms with Crippen molar-refractivity contribution in [3.05, 3.63) is 32.6 Å². The van der Waals surface area contributed by atoms with Crippen molar-refractivity contribution in [1.82, 2.24) is 19.8 Å². The van der Waals surface area contributed by atoms with E-state index in [0.29, 0.717) is 13.1 Å². The molecule has 0 aliphatic carbocycles. The molecule has 24 heavy (non-hydrogen) atoms. The number of carbonyl (C=O) groups excluding carboxylic acids is 1. The molecule has 2 fully saturated rings. The molecule has 0 unspecified atom stereocenters. The fourth-order valence-electron chi connectivity index (χ4n) is 3.75. The molecular weight excluding hydrogens is 312 g/mol. The summed E-state index contributed by atoms with van der Waals surface area (Å²) in [6.07, 6.45) is 3.67. The van der Waals surface area contributed by atoms with E-state index in [1.165, 1.54) is 19.3 Å². The van der Waals surface area contributed by atoms with Gasteiger partial charge < -0.3 is 19.9 Å². The van der Waals surface area contributed by atoms with Crippen molar-refractivity contribution < 1.29 is 9.90 Å². The smallest absolute Gasteiger partial charge is 0.326 e. The molecule has 2 aliphatic heterocycles. The van der Waals surface area contributed by atoms with Crippen molar-refractivity contribution in [3.63, 3.8) is 0 Å². The molecule has 0 saturated carbocycles. The van der Waals surface area contributed by atoms with Crippen molar-refractivity contribution in [3.8, 4) is 0 Å². The van der Waals surface area contributed by atoms with E-state index in [-0.39, 0.29) is 30.0 Å². The van der Waals surface area contributed by atoms with Gasteiger partial charge in [-0.25, -0.2) is 4.79 Å². The summed E-state index contributed by atoms with van der Waals surface area (Å²) in [5, 5.41) is 9.65. The third-order valence-corrected chi connectivity index (χ3v) is 5.03. The Morgan fingerprint density at radius 3 is 2.50 bits per heavy atom. The number of aliphatic hydroxyl groups excluding tert-OH is 1. The topological polar surface area (TPSA) is 109 Å². The molecular formula is C16H24N4O4. The number of hydrogen-bond acceptors (Lipinski definition) is 5. The molecule has 2 aliphatic rings. The number of likely N-dealkylation sites (tertiary alicyclic amines) is 2. The lowest BCUT2D eigenvalue weighted by Gasteiger charge is -2.30. The lowest BCUT2D eigenvalue weighted by molar-refractivity contribution is 0.0772. The van der Waals surface area contributed by atoms with Gasteiger partial charge in [-0.15, -0.1) is 0 Å². The van der Waals surface area contributed by atoms with E-state index in [1.54, 1.807) is 4.90 Å². The molecule has 3 rings (SSSR count). The van der Waals surface area contributed by atoms with Crippen LogP contribution in [-0.2, 0) is 0 Å². The Labute approximate surface area is 139 Å². The van der Waals surface area contributed by atoms with Gasteiger partial charge >= 0.3 is 5.69 Å². The van der Waals surface area contributed by atoms with Gasteiger partial charge in [-0.05, 0) is 31.8 Å². The standard InChI is InChI=1S/C16H24N4O4/c21-10-12-9-20(8-11(12)7-19-4-2-1-3-5-19)15(23)13-6-14(22)18-16(24)17-13/h6,11-12,21H,1-5,7-10H2,(H2,17,18,22,24)/t11-,12-/m1/s1. The first-order valence-corrected chi connectivity index (χ1v) is 8.53. The minimum atomic E-state index is -0.686. The molecule has 0 bridgehead atoms. The number of amides is 1. The zero-order valence-electron chi connectivity index (χ0n) is 13.7. The number of nitrogens with one attached hydrogen (secondary N) is 2. The van der Waals surface area contributed by atoms with Gasteiger partial charge in [0.2, 0.25) is 0 Å². The van der Waals surface area contributed by atoms with Gasteiger partial charge in [-0.1, -0.05) is 6.42 Å². The number of nitrogens with zero attached hydrogens (tertiary/aromatic N) is 2. The highest BCUT2D eigenvalue weighted by atomic mass is 16.3. The van der Waals surface area contributed by atoms with Crippen LogP contribution in [0.4, 0.5) is 0 Å². The Morgan fingerprint density at radius 2 is 1.83 bits per heavy atom. The fraction of sp³-hybridized carbons (Fsp3) is 0.688. The van der Waals surface area contributed by atoms with E-state index < -0.39 is 11.2 Å². The molecule has 3 N–H and O–H groups in total. The molecule has 8 heteroatoms. The number of H-pyrrole nitrogens is 2. The molecule has 2 atom stereocenters. The second-order valence-electron chi connectivity index (χ2n) is 6.78. The molecule has 1 aromatic heterocycles. The summed E-state index contributed by atoms with van der Waals surface area (Å²) >= 11 is 0. The molecule has 3 heterocycles. The molecule has 0 aromatic carbocycles. The molecule has 0 radical (unpaired) electrons. The van der Waals surface area contributed by atoms with Crippen molar-refractivity contribution >= 4 is 5.91 Å². The largest absolute Gasteiger partial charge is 0.396 e. The van der Waals surface area contributed by atoms with E-state index >= 15 is 0 Å². The average molecular weight is 336 g/mol. The van der Waals surface area contributed by atoms with E-state index in [4.69, 9.17) is 0 Å². The van der Waals surface area contributed by atoms with Crippen LogP contribution in [0.15, 0.2) is 15.7 Å². The number of piperidine rings is 1. The second-order valence-corrected chi connectivity index (χ2v) is 6.78. The SMILES string of the molecule is O=C(c1cc(=O)[nH]c(=O)[nH]1)N1C[C@@H](CN2CCCCC2)[C@@H](CO)C1. The van der Waals surface area contributed by atoms with Gasteiger partial charge in [0.05, 0.1) is 0 Å². The van der Waals surface area contributed by atoms with Crippen LogP contribution in [0.1, 0.15) is 29.8 Å². The minimum Gasteiger partial charge on any atom is -0.396 e. The number of carbonyl (C=O) groups is 1. The zero-order chi connectivity index (χ0) is 17.1. The van der Waals surface area contributed by atoms with Crippen LogP contribution in [0, 0.1) is 11.8 Å². The first-order chi connectivity index (χ1) is 11.6. The number of aromatic amines is 2. The van der Waals surface area contributed by atoms with E-state index in [1.807, 2.05) is 0 Å². The van der Waals surface area contributed by atoms with Gasteiger partial charge in [0, 0.05) is 38.2 Å². The Morgan fingerprint density at radius 1 is 1.12 bits per heavy atom. The van der Waals surface area contributed by atoms with Gasteiger partial charge in [0.1, 0.15) is 5.69 Å². The van der Waals surface area contributed by atoms with Gasteiger partial charge in [-0.3, -0.25) is 14.6 Å². The summed E-state index contributed by atoms with van der Waals surface area (Å²) in [6.45, 7) is 4.04. The summed E-state index contributed by atoms with van der Waals surface area (Å²) in [6, 6.07) is 1.11. The first-order valence-electron chi connectivity index (χ1n) is 8.53. The molecule has 1 aromatic rings. The zero-order valence-corrected chi connectivity index (χ0v) is 13.7. The predicted molar refractivity (Wildman–Crippen MR) is 87.9 cm³/mol. The number of aliphatic hydroxyl groups is 1. The van der Waals surface area contributed by atoms with E-state index in [0.717, 1.165) is 25.7 Å². The van der Waals surface area contributed by atoms with Gasteiger partial charge in [-0.2, -0.15) is 0 Å². The van der Waals surface area contributed by atoms with Crippen molar-refractivity contribution in [2.75, 3.05) is 39.3 Å². The fourth-order valence-corrected chi connectivity index (χ4v) is 3.75. The molecule has 132 valence electrons. The predicted octanol–water partition coefficient (Wildman–Crippen LogP) is -0.770. The Hall–Kier alpha value is -1.93. The van der Waals surface area contributed by atoms with Gasteiger partial charge in [0.15, 0.2) is 0 Å². The van der Waals surface area contributed by atoms with Crippen LogP contribution in [-0.4, -0.2) is 70.1 Å². The van der Waals surface area contributed by atoms with E-state index in [9.17, 15) is 19.5 Å². The average Bonchev–Trinajstić information content (AvgIpc) is 2.97. The molecule has 0 spiro atoms. The number of rotatable bonds is 4. The number of hydrogen-bond donors (Lipinski definition) is 3. The van der Waals surface area contributed by atoms with Crippen LogP contribution >= 0.6 is 0 Å². The Bertz CT molecular complexity index is 664. The lowest BCUT2D eigenvalue weighted by atomic mass is 9.95. The van der Waals surface area contributed by atoms with Crippen LogP contribution < -0.4 is 11.2 Å². The third kappa shape index (κ3) is 3.76. The normalized spacial score (nSPS) is 25.1. The van der Waals surface area contributed by atoms with Crippen LogP contribution in [0.3, 0.4) is 0 Å². The van der Waals surface area contributed by atoms with Crippen LogP contribution in [0.2, 0.25) is 0 Å². The van der Waals surface area contributed by atoms with Crippen molar-refractivity contribution in [2.45, 2.75) is 19.3 Å². The Balaban J connectivity index is 1.69. The first kappa shape index (κ1) is 16.9. The summed E-state index contributed by atoms with van der Waals surface area (Å²) in [5.41, 5.74) is -1.28. The summed E-state index contributed by atoms with van der Waals surface area (Å²) in [5.74, 6) is -0.117. The van der Waals surface area contributed by atoms with Crippen molar-refractivity contribution in [1.29, 1.82) is 0 Å². The summed E-state index contributed by atoms with van der Waals surface area (Å²) in [4.78, 5) is 43.8. The maximum Gasteiger partial charge on any atom is 0.326 e. The van der Waals surface area contributed by atoms with E-state index in [2.05, 4.69) is 14.9 Å². The third-order valence-electron chi connectivity index (χ3n) is 5.03. The van der Waals surface area contributed by atoms with Gasteiger partial charge in [0.25, 0.3) is 11.5 Å². The summed E-state index contributed by atoms with van der Waals surface area (Å²) in [7, 11) is 0. The molecule has 2 saturated heterocycles. The highest BCUT2D eigenvalue weighted by molar-refractivity contribution is 5.92. The minimum absolute atomic E-state index is 0.000868. The second kappa shape index (κ2) is 7.31. The quantitative estimate of drug-likeness (QED) is 0.669. The Kier molecular flexibility index (Phi) is 5.15. The highest BCUT2D eigenvalue weighted by Gasteiger charge is 2.36. The molecule has 8 nitrogen and oxygen atoms in total. The maximum absolute atomic E-state index is 12.6. The maximum atomic E-state index is 12.6. The lowest BCUT2D eigenvalue weighted by Crippen LogP contribution is -2.37. The van der Waals surface area contributed by atoms with Crippen LogP contribution in [0.25, 0.3) is 0 Å². The monoisotopic (exact) mass is 336 g/mol. The van der Waals surface area contributed by atoms with Crippen LogP contribution in [0.5, 0.6) is 0 Å². The molecule has 1 amide bonds. The number of aromatic nitrogens is 2. The summed E-state index contributed by atoms with van der Waals surface area (Å²) < 4.78 is 0.